The van der Waals surface area contributed by atoms with Crippen LogP contribution in [0.4, 0.5) is 35.4 Å². The van der Waals surface area contributed by atoms with Crippen LogP contribution in [0.15, 0.2) is 30.3 Å². The quantitative estimate of drug-likeness (QED) is 0.613. The number of nitrogens with one attached hydrogen (secondary N) is 3. The fourth-order valence-corrected chi connectivity index (χ4v) is 3.27. The maximum atomic E-state index is 13.0. The molecule has 1 fully saturated rings. The number of rotatable bonds is 6. The third kappa shape index (κ3) is 5.98. The average molecular weight is 422 g/mol. The molecule has 0 unspecified atom stereocenters. The molecule has 162 valence electrons. The molecule has 1 aliphatic rings. The number of piperidine rings is 1. The van der Waals surface area contributed by atoms with Gasteiger partial charge in [0.2, 0.25) is 5.95 Å². The normalized spacial score (nSPS) is 14.3. The van der Waals surface area contributed by atoms with E-state index in [2.05, 4.69) is 30.8 Å². The molecule has 1 saturated heterocycles. The number of aryl methyl sites for hydroxylation is 1. The maximum Gasteiger partial charge on any atom is 0.418 e. The van der Waals surface area contributed by atoms with Crippen molar-refractivity contribution >= 4 is 23.5 Å². The second kappa shape index (κ2) is 9.64. The summed E-state index contributed by atoms with van der Waals surface area (Å²) in [6.07, 6.45) is -1.03. The van der Waals surface area contributed by atoms with Gasteiger partial charge in [0.1, 0.15) is 5.82 Å². The molecule has 1 aromatic heterocycles. The summed E-state index contributed by atoms with van der Waals surface area (Å²) >= 11 is 0. The minimum atomic E-state index is -4.54. The van der Waals surface area contributed by atoms with Crippen molar-refractivity contribution in [2.45, 2.75) is 32.4 Å². The Morgan fingerprint density at radius 2 is 1.83 bits per heavy atom. The highest BCUT2D eigenvalue weighted by atomic mass is 19.4. The van der Waals surface area contributed by atoms with Crippen molar-refractivity contribution < 1.29 is 18.0 Å². The van der Waals surface area contributed by atoms with Crippen LogP contribution in [-0.2, 0) is 6.18 Å². The molecule has 2 heterocycles. The first-order valence-electron chi connectivity index (χ1n) is 9.88. The molecule has 0 bridgehead atoms. The van der Waals surface area contributed by atoms with Gasteiger partial charge < -0.3 is 20.9 Å². The predicted octanol–water partition coefficient (Wildman–Crippen LogP) is 4.03. The first kappa shape index (κ1) is 21.7. The molecule has 3 rings (SSSR count). The van der Waals surface area contributed by atoms with E-state index in [1.165, 1.54) is 24.6 Å². The first-order valence-corrected chi connectivity index (χ1v) is 9.88. The fraction of sp³-hybridized carbons (Fsp3) is 0.450. The number of anilines is 3. The van der Waals surface area contributed by atoms with Crippen molar-refractivity contribution in [2.24, 2.45) is 0 Å². The Labute approximate surface area is 173 Å². The summed E-state index contributed by atoms with van der Waals surface area (Å²) in [5, 5.41) is 7.82. The predicted molar refractivity (Wildman–Crippen MR) is 110 cm³/mol. The van der Waals surface area contributed by atoms with Gasteiger partial charge in [0, 0.05) is 37.9 Å². The Hall–Kier alpha value is -3.04. The molecule has 0 aliphatic carbocycles. The molecule has 7 nitrogen and oxygen atoms in total. The van der Waals surface area contributed by atoms with E-state index < -0.39 is 17.8 Å². The van der Waals surface area contributed by atoms with Gasteiger partial charge in [0.05, 0.1) is 11.3 Å². The second-order valence-electron chi connectivity index (χ2n) is 7.09. The number of amides is 2. The zero-order valence-electron chi connectivity index (χ0n) is 16.7. The molecule has 0 saturated carbocycles. The Morgan fingerprint density at radius 1 is 1.10 bits per heavy atom. The standard InChI is InChI=1S/C20H25F3N6O/c1-14-13-17(29-11-5-2-6-12-29)28-18(26-14)24-9-10-25-19(30)27-16-8-4-3-7-15(16)20(21,22)23/h3-4,7-8,13H,2,5-6,9-12H2,1H3,(H,24,26,28)(H2,25,27,30). The molecule has 2 amide bonds. The molecule has 0 radical (unpaired) electrons. The zero-order valence-corrected chi connectivity index (χ0v) is 16.7. The van der Waals surface area contributed by atoms with E-state index in [0.717, 1.165) is 43.5 Å². The highest BCUT2D eigenvalue weighted by Gasteiger charge is 2.33. The topological polar surface area (TPSA) is 82.2 Å². The largest absolute Gasteiger partial charge is 0.418 e. The van der Waals surface area contributed by atoms with Crippen molar-refractivity contribution in [2.75, 3.05) is 41.7 Å². The molecule has 1 aromatic carbocycles. The van der Waals surface area contributed by atoms with Crippen LogP contribution >= 0.6 is 0 Å². The van der Waals surface area contributed by atoms with Gasteiger partial charge in [-0.1, -0.05) is 12.1 Å². The summed E-state index contributed by atoms with van der Waals surface area (Å²) in [6, 6.07) is 6.07. The van der Waals surface area contributed by atoms with E-state index in [1.807, 2.05) is 13.0 Å². The van der Waals surface area contributed by atoms with Crippen molar-refractivity contribution in [3.05, 3.63) is 41.6 Å². The summed E-state index contributed by atoms with van der Waals surface area (Å²) in [6.45, 7) is 4.35. The fourth-order valence-electron chi connectivity index (χ4n) is 3.27. The minimum absolute atomic E-state index is 0.191. The van der Waals surface area contributed by atoms with Gasteiger partial charge in [-0.05, 0) is 38.3 Å². The van der Waals surface area contributed by atoms with Crippen LogP contribution in [0.1, 0.15) is 30.5 Å². The number of hydrogen-bond donors (Lipinski definition) is 3. The smallest absolute Gasteiger partial charge is 0.356 e. The maximum absolute atomic E-state index is 13.0. The number of halogens is 3. The number of aromatic nitrogens is 2. The second-order valence-corrected chi connectivity index (χ2v) is 7.09. The van der Waals surface area contributed by atoms with E-state index in [4.69, 9.17) is 0 Å². The number of carbonyl (C=O) groups is 1. The molecule has 30 heavy (non-hydrogen) atoms. The Morgan fingerprint density at radius 3 is 2.57 bits per heavy atom. The number of urea groups is 1. The van der Waals surface area contributed by atoms with Gasteiger partial charge >= 0.3 is 12.2 Å². The number of benzene rings is 1. The highest BCUT2D eigenvalue weighted by Crippen LogP contribution is 2.34. The molecule has 10 heteroatoms. The third-order valence-corrected chi connectivity index (χ3v) is 4.70. The van der Waals surface area contributed by atoms with Crippen LogP contribution in [0, 0.1) is 6.92 Å². The Bertz CT molecular complexity index is 868. The summed E-state index contributed by atoms with van der Waals surface area (Å²) in [5.74, 6) is 1.33. The Balaban J connectivity index is 1.49. The van der Waals surface area contributed by atoms with Crippen LogP contribution in [0.2, 0.25) is 0 Å². The molecule has 0 spiro atoms. The van der Waals surface area contributed by atoms with E-state index in [1.54, 1.807) is 0 Å². The van der Waals surface area contributed by atoms with Crippen LogP contribution in [-0.4, -0.2) is 42.2 Å². The summed E-state index contributed by atoms with van der Waals surface area (Å²) in [5.41, 5.74) is -0.345. The van der Waals surface area contributed by atoms with Crippen LogP contribution in [0.25, 0.3) is 0 Å². The lowest BCUT2D eigenvalue weighted by molar-refractivity contribution is -0.136. The van der Waals surface area contributed by atoms with Gasteiger partial charge in [-0.25, -0.2) is 9.78 Å². The average Bonchev–Trinajstić information content (AvgIpc) is 2.71. The van der Waals surface area contributed by atoms with Gasteiger partial charge in [0.25, 0.3) is 0 Å². The van der Waals surface area contributed by atoms with Crippen molar-refractivity contribution in [1.82, 2.24) is 15.3 Å². The van der Waals surface area contributed by atoms with Crippen LogP contribution in [0.3, 0.4) is 0 Å². The minimum Gasteiger partial charge on any atom is -0.356 e. The number of alkyl halides is 3. The monoisotopic (exact) mass is 422 g/mol. The first-order chi connectivity index (χ1) is 14.3. The van der Waals surface area contributed by atoms with E-state index in [9.17, 15) is 18.0 Å². The lowest BCUT2D eigenvalue weighted by Crippen LogP contribution is -2.33. The molecule has 3 N–H and O–H groups in total. The number of hydrogen-bond acceptors (Lipinski definition) is 5. The molecule has 2 aromatic rings. The summed E-state index contributed by atoms with van der Waals surface area (Å²) < 4.78 is 39.0. The van der Waals surface area contributed by atoms with E-state index in [0.29, 0.717) is 12.5 Å². The van der Waals surface area contributed by atoms with Crippen LogP contribution in [0.5, 0.6) is 0 Å². The SMILES string of the molecule is Cc1cc(N2CCCCC2)nc(NCCNC(=O)Nc2ccccc2C(F)(F)F)n1. The van der Waals surface area contributed by atoms with Gasteiger partial charge in [-0.15, -0.1) is 0 Å². The van der Waals surface area contributed by atoms with Gasteiger partial charge in [-0.3, -0.25) is 0 Å². The lowest BCUT2D eigenvalue weighted by Gasteiger charge is -2.28. The number of para-hydroxylation sites is 1. The molecule has 0 atom stereocenters. The number of nitrogens with zero attached hydrogens (tertiary/aromatic N) is 3. The van der Waals surface area contributed by atoms with Crippen molar-refractivity contribution in [3.8, 4) is 0 Å². The third-order valence-electron chi connectivity index (χ3n) is 4.70. The summed E-state index contributed by atoms with van der Waals surface area (Å²) in [7, 11) is 0. The molecular weight excluding hydrogens is 397 g/mol. The lowest BCUT2D eigenvalue weighted by atomic mass is 10.1. The Kier molecular flexibility index (Phi) is 6.96. The van der Waals surface area contributed by atoms with Crippen molar-refractivity contribution in [3.63, 3.8) is 0 Å². The summed E-state index contributed by atoms with van der Waals surface area (Å²) in [4.78, 5) is 23.1. The highest BCUT2D eigenvalue weighted by molar-refractivity contribution is 5.90. The van der Waals surface area contributed by atoms with Crippen LogP contribution < -0.4 is 20.9 Å². The molecule has 1 aliphatic heterocycles. The van der Waals surface area contributed by atoms with Gasteiger partial charge in [-0.2, -0.15) is 18.2 Å². The zero-order chi connectivity index (χ0) is 21.6. The van der Waals surface area contributed by atoms with Gasteiger partial charge in [0.15, 0.2) is 0 Å². The van der Waals surface area contributed by atoms with Crippen molar-refractivity contribution in [1.29, 1.82) is 0 Å². The molecular formula is C20H25F3N6O. The van der Waals surface area contributed by atoms with E-state index in [-0.39, 0.29) is 12.2 Å². The number of carbonyl (C=O) groups excluding carboxylic acids is 1. The van der Waals surface area contributed by atoms with E-state index >= 15 is 0 Å².